The first-order valence-electron chi connectivity index (χ1n) is 10.1. The van der Waals surface area contributed by atoms with E-state index in [4.69, 9.17) is 9.47 Å². The van der Waals surface area contributed by atoms with Gasteiger partial charge in [0.05, 0.1) is 29.2 Å². The fourth-order valence-corrected chi connectivity index (χ4v) is 3.93. The SMILES string of the molecule is CCCOC(=O)c1ccc(NC(=O)COC(=O)CCS(=O)(=O)c2ccc(C)c(C)c2)cc1. The molecular formula is C23H27NO7S. The normalized spacial score (nSPS) is 11.0. The molecule has 2 aromatic rings. The van der Waals surface area contributed by atoms with Crippen LogP contribution >= 0.6 is 0 Å². The zero-order chi connectivity index (χ0) is 23.7. The van der Waals surface area contributed by atoms with Gasteiger partial charge >= 0.3 is 11.9 Å². The van der Waals surface area contributed by atoms with Crippen molar-refractivity contribution >= 4 is 33.4 Å². The first-order valence-corrected chi connectivity index (χ1v) is 11.8. The highest BCUT2D eigenvalue weighted by Crippen LogP contribution is 2.17. The molecule has 0 radical (unpaired) electrons. The second-order valence-electron chi connectivity index (χ2n) is 7.24. The number of hydrogen-bond donors (Lipinski definition) is 1. The predicted octanol–water partition coefficient (Wildman–Crippen LogP) is 3.22. The molecule has 2 aromatic carbocycles. The molecule has 32 heavy (non-hydrogen) atoms. The summed E-state index contributed by atoms with van der Waals surface area (Å²) in [6.45, 7) is 5.36. The number of benzene rings is 2. The van der Waals surface area contributed by atoms with Gasteiger partial charge < -0.3 is 14.8 Å². The third-order valence-electron chi connectivity index (χ3n) is 4.62. The largest absolute Gasteiger partial charge is 0.462 e. The van der Waals surface area contributed by atoms with E-state index in [1.54, 1.807) is 12.1 Å². The Morgan fingerprint density at radius 1 is 0.938 bits per heavy atom. The van der Waals surface area contributed by atoms with Crippen LogP contribution in [0.15, 0.2) is 47.4 Å². The van der Waals surface area contributed by atoms with Gasteiger partial charge in [-0.2, -0.15) is 0 Å². The molecule has 172 valence electrons. The van der Waals surface area contributed by atoms with Gasteiger partial charge in [0.1, 0.15) is 0 Å². The van der Waals surface area contributed by atoms with Crippen molar-refractivity contribution in [3.05, 3.63) is 59.2 Å². The van der Waals surface area contributed by atoms with E-state index in [2.05, 4.69) is 5.32 Å². The van der Waals surface area contributed by atoms with Crippen LogP contribution in [0.3, 0.4) is 0 Å². The average Bonchev–Trinajstić information content (AvgIpc) is 2.77. The molecule has 0 unspecified atom stereocenters. The zero-order valence-corrected chi connectivity index (χ0v) is 19.2. The quantitative estimate of drug-likeness (QED) is 0.540. The van der Waals surface area contributed by atoms with Gasteiger partial charge in [-0.15, -0.1) is 0 Å². The fraction of sp³-hybridized carbons (Fsp3) is 0.348. The van der Waals surface area contributed by atoms with Crippen LogP contribution in [-0.4, -0.2) is 45.2 Å². The minimum Gasteiger partial charge on any atom is -0.462 e. The maximum atomic E-state index is 12.4. The van der Waals surface area contributed by atoms with Crippen LogP contribution in [0.4, 0.5) is 5.69 Å². The molecule has 1 N–H and O–H groups in total. The van der Waals surface area contributed by atoms with Crippen LogP contribution in [0.1, 0.15) is 41.3 Å². The molecule has 0 aliphatic heterocycles. The Hall–Kier alpha value is -3.20. The van der Waals surface area contributed by atoms with E-state index >= 15 is 0 Å². The number of aryl methyl sites for hydroxylation is 2. The summed E-state index contributed by atoms with van der Waals surface area (Å²) in [5, 5.41) is 2.53. The fourth-order valence-electron chi connectivity index (χ4n) is 2.63. The summed E-state index contributed by atoms with van der Waals surface area (Å²) >= 11 is 0. The maximum absolute atomic E-state index is 12.4. The van der Waals surface area contributed by atoms with Gasteiger partial charge in [-0.1, -0.05) is 13.0 Å². The van der Waals surface area contributed by atoms with E-state index < -0.39 is 40.0 Å². The number of carbonyl (C=O) groups is 3. The van der Waals surface area contributed by atoms with E-state index in [9.17, 15) is 22.8 Å². The smallest absolute Gasteiger partial charge is 0.338 e. The Bertz CT molecular complexity index is 1080. The lowest BCUT2D eigenvalue weighted by Crippen LogP contribution is -2.22. The Kier molecular flexibility index (Phi) is 8.95. The Morgan fingerprint density at radius 3 is 2.25 bits per heavy atom. The lowest BCUT2D eigenvalue weighted by atomic mass is 10.1. The number of sulfone groups is 1. The molecule has 1 amide bonds. The van der Waals surface area contributed by atoms with Crippen molar-refractivity contribution in [1.29, 1.82) is 0 Å². The van der Waals surface area contributed by atoms with Crippen molar-refractivity contribution in [2.24, 2.45) is 0 Å². The Morgan fingerprint density at radius 2 is 1.62 bits per heavy atom. The van der Waals surface area contributed by atoms with Crippen molar-refractivity contribution in [3.63, 3.8) is 0 Å². The van der Waals surface area contributed by atoms with Gasteiger partial charge in [0.2, 0.25) is 0 Å². The molecule has 0 aliphatic rings. The molecule has 8 nitrogen and oxygen atoms in total. The van der Waals surface area contributed by atoms with E-state index in [1.807, 2.05) is 20.8 Å². The van der Waals surface area contributed by atoms with Gasteiger partial charge in [-0.25, -0.2) is 13.2 Å². The van der Waals surface area contributed by atoms with Gasteiger partial charge in [0.15, 0.2) is 16.4 Å². The van der Waals surface area contributed by atoms with Crippen molar-refractivity contribution in [2.75, 3.05) is 24.3 Å². The molecule has 0 saturated carbocycles. The molecule has 0 spiro atoms. The van der Waals surface area contributed by atoms with Crippen LogP contribution in [0.25, 0.3) is 0 Å². The highest BCUT2D eigenvalue weighted by atomic mass is 32.2. The van der Waals surface area contributed by atoms with E-state index in [0.717, 1.165) is 17.5 Å². The number of anilines is 1. The summed E-state index contributed by atoms with van der Waals surface area (Å²) in [5.74, 6) is -2.24. The van der Waals surface area contributed by atoms with E-state index in [0.29, 0.717) is 17.9 Å². The molecule has 0 bridgehead atoms. The highest BCUT2D eigenvalue weighted by Gasteiger charge is 2.18. The number of amides is 1. The summed E-state index contributed by atoms with van der Waals surface area (Å²) in [6, 6.07) is 10.9. The summed E-state index contributed by atoms with van der Waals surface area (Å²) in [5.41, 5.74) is 2.58. The van der Waals surface area contributed by atoms with Crippen LogP contribution < -0.4 is 5.32 Å². The van der Waals surface area contributed by atoms with Crippen LogP contribution in [-0.2, 0) is 28.9 Å². The topological polar surface area (TPSA) is 116 Å². The number of ether oxygens (including phenoxy) is 2. The lowest BCUT2D eigenvalue weighted by Gasteiger charge is -2.09. The monoisotopic (exact) mass is 461 g/mol. The standard InChI is InChI=1S/C23H27NO7S/c1-4-12-30-23(27)18-6-8-19(9-7-18)24-21(25)15-31-22(26)11-13-32(28,29)20-10-5-16(2)17(3)14-20/h5-10,14H,4,11-13,15H2,1-3H3,(H,24,25). The molecule has 9 heteroatoms. The molecule has 0 aliphatic carbocycles. The first-order chi connectivity index (χ1) is 15.1. The van der Waals surface area contributed by atoms with Gasteiger partial charge in [0, 0.05) is 5.69 Å². The summed E-state index contributed by atoms with van der Waals surface area (Å²) in [4.78, 5) is 35.8. The second kappa shape index (κ2) is 11.4. The number of esters is 2. The van der Waals surface area contributed by atoms with Gasteiger partial charge in [-0.05, 0) is 67.8 Å². The average molecular weight is 462 g/mol. The predicted molar refractivity (Wildman–Crippen MR) is 119 cm³/mol. The van der Waals surface area contributed by atoms with Crippen molar-refractivity contribution in [2.45, 2.75) is 38.5 Å². The number of nitrogens with one attached hydrogen (secondary N) is 1. The first kappa shape index (κ1) is 25.1. The minimum absolute atomic E-state index is 0.146. The molecule has 2 rings (SSSR count). The van der Waals surface area contributed by atoms with Gasteiger partial charge in [0.25, 0.3) is 5.91 Å². The molecule has 0 fully saturated rings. The molecule has 0 aromatic heterocycles. The number of hydrogen-bond acceptors (Lipinski definition) is 7. The highest BCUT2D eigenvalue weighted by molar-refractivity contribution is 7.91. The molecule has 0 saturated heterocycles. The van der Waals surface area contributed by atoms with E-state index in [1.165, 1.54) is 30.3 Å². The molecule has 0 heterocycles. The number of rotatable bonds is 10. The van der Waals surface area contributed by atoms with Gasteiger partial charge in [-0.3, -0.25) is 9.59 Å². The van der Waals surface area contributed by atoms with Crippen molar-refractivity contribution in [3.8, 4) is 0 Å². The third-order valence-corrected chi connectivity index (χ3v) is 6.33. The van der Waals surface area contributed by atoms with Crippen molar-refractivity contribution in [1.82, 2.24) is 0 Å². The summed E-state index contributed by atoms with van der Waals surface area (Å²) < 4.78 is 34.7. The van der Waals surface area contributed by atoms with E-state index in [-0.39, 0.29) is 11.3 Å². The minimum atomic E-state index is -3.64. The lowest BCUT2D eigenvalue weighted by molar-refractivity contribution is -0.146. The van der Waals surface area contributed by atoms with Crippen LogP contribution in [0.2, 0.25) is 0 Å². The number of carbonyl (C=O) groups excluding carboxylic acids is 3. The summed E-state index contributed by atoms with van der Waals surface area (Å²) in [6.07, 6.45) is 0.354. The van der Waals surface area contributed by atoms with Crippen LogP contribution in [0.5, 0.6) is 0 Å². The molecular weight excluding hydrogens is 434 g/mol. The maximum Gasteiger partial charge on any atom is 0.338 e. The van der Waals surface area contributed by atoms with Crippen molar-refractivity contribution < 1.29 is 32.3 Å². The zero-order valence-electron chi connectivity index (χ0n) is 18.3. The summed E-state index contributed by atoms with van der Waals surface area (Å²) in [7, 11) is -3.64. The van der Waals surface area contributed by atoms with Crippen LogP contribution in [0, 0.1) is 13.8 Å². The Balaban J connectivity index is 1.79. The third kappa shape index (κ3) is 7.49. The Labute approximate surface area is 187 Å². The molecule has 0 atom stereocenters. The second-order valence-corrected chi connectivity index (χ2v) is 9.35.